The van der Waals surface area contributed by atoms with Crippen LogP contribution >= 0.6 is 11.6 Å². The number of carbonyl (C=O) groups is 2. The smallest absolute Gasteiger partial charge is 0.383 e. The maximum absolute atomic E-state index is 13.5. The molecule has 196 valence electrons. The predicted molar refractivity (Wildman–Crippen MR) is 121 cm³/mol. The van der Waals surface area contributed by atoms with Crippen LogP contribution in [0.5, 0.6) is 0 Å². The van der Waals surface area contributed by atoms with Crippen molar-refractivity contribution in [2.75, 3.05) is 11.1 Å². The van der Waals surface area contributed by atoms with Crippen molar-refractivity contribution in [1.29, 1.82) is 0 Å². The Labute approximate surface area is 209 Å². The van der Waals surface area contributed by atoms with Crippen molar-refractivity contribution < 1.29 is 31.5 Å². The number of hydrogen-bond acceptors (Lipinski definition) is 7. The lowest BCUT2D eigenvalue weighted by Crippen LogP contribution is -2.48. The SMILES string of the molecule is CC1(C(=O)NC2CC2)C(=O)Nc2nc(-c3nn(CCC(F)(F)C(F)(F)F)c4ncc(Cl)cc34)nc(N)c21. The molecule has 1 saturated carbocycles. The van der Waals surface area contributed by atoms with Gasteiger partial charge in [-0.3, -0.25) is 9.59 Å². The van der Waals surface area contributed by atoms with Crippen LogP contribution in [0, 0.1) is 0 Å². The lowest BCUT2D eigenvalue weighted by atomic mass is 9.83. The summed E-state index contributed by atoms with van der Waals surface area (Å²) in [5, 5.41) is 9.66. The standard InChI is InChI=1S/C21H18ClF5N8O2/c1-19(17(36)30-9-2-3-9)11-13(28)31-15(32-14(11)33-18(19)37)12-10-6-8(22)7-29-16(10)35(34-12)5-4-20(23,24)21(25,26)27/h6-7,9H,2-5H2,1H3,(H,30,36)(H3,28,31,32,33,37). The van der Waals surface area contributed by atoms with Gasteiger partial charge in [0.1, 0.15) is 17.3 Å². The fourth-order valence-electron chi connectivity index (χ4n) is 4.03. The number of pyridine rings is 1. The van der Waals surface area contributed by atoms with Crippen molar-refractivity contribution in [2.45, 2.75) is 56.3 Å². The van der Waals surface area contributed by atoms with Gasteiger partial charge in [0.05, 0.1) is 16.0 Å². The highest BCUT2D eigenvalue weighted by molar-refractivity contribution is 6.31. The Hall–Kier alpha value is -3.62. The number of nitrogen functional groups attached to an aromatic ring is 1. The van der Waals surface area contributed by atoms with Gasteiger partial charge in [-0.15, -0.1) is 0 Å². The molecule has 37 heavy (non-hydrogen) atoms. The molecule has 1 unspecified atom stereocenters. The van der Waals surface area contributed by atoms with Crippen molar-refractivity contribution in [3.05, 3.63) is 22.8 Å². The molecule has 0 radical (unpaired) electrons. The molecule has 0 saturated heterocycles. The van der Waals surface area contributed by atoms with Crippen LogP contribution < -0.4 is 16.4 Å². The molecule has 1 atom stereocenters. The first-order chi connectivity index (χ1) is 17.2. The third kappa shape index (κ3) is 4.10. The number of aryl methyl sites for hydroxylation is 1. The van der Waals surface area contributed by atoms with E-state index in [1.165, 1.54) is 19.2 Å². The van der Waals surface area contributed by atoms with Crippen LogP contribution in [0.3, 0.4) is 0 Å². The van der Waals surface area contributed by atoms with Crippen LogP contribution in [0.15, 0.2) is 12.3 Å². The first-order valence-corrected chi connectivity index (χ1v) is 11.4. The summed E-state index contributed by atoms with van der Waals surface area (Å²) in [5.41, 5.74) is 4.40. The van der Waals surface area contributed by atoms with Crippen molar-refractivity contribution in [1.82, 2.24) is 30.0 Å². The molecule has 0 aromatic carbocycles. The Morgan fingerprint density at radius 1 is 1.30 bits per heavy atom. The highest BCUT2D eigenvalue weighted by atomic mass is 35.5. The molecule has 1 aliphatic heterocycles. The van der Waals surface area contributed by atoms with E-state index in [0.717, 1.165) is 17.5 Å². The molecule has 3 aromatic rings. The molecule has 1 fully saturated rings. The average Bonchev–Trinajstić information content (AvgIpc) is 3.48. The van der Waals surface area contributed by atoms with Crippen LogP contribution in [0.1, 0.15) is 31.7 Å². The van der Waals surface area contributed by atoms with Crippen LogP contribution in [0.25, 0.3) is 22.6 Å². The third-order valence-corrected chi connectivity index (χ3v) is 6.51. The van der Waals surface area contributed by atoms with Crippen LogP contribution in [0.4, 0.5) is 33.6 Å². The molecule has 5 rings (SSSR count). The number of aromatic nitrogens is 5. The Bertz CT molecular complexity index is 1450. The number of hydrogen-bond donors (Lipinski definition) is 3. The molecule has 10 nitrogen and oxygen atoms in total. The highest BCUT2D eigenvalue weighted by Gasteiger charge is 2.57. The van der Waals surface area contributed by atoms with Crippen LogP contribution in [0.2, 0.25) is 5.02 Å². The Balaban J connectivity index is 1.56. The minimum absolute atomic E-state index is 0.0279. The number of rotatable bonds is 6. The minimum atomic E-state index is -5.73. The maximum Gasteiger partial charge on any atom is 0.453 e. The second-order valence-corrected chi connectivity index (χ2v) is 9.47. The van der Waals surface area contributed by atoms with Gasteiger partial charge in [-0.25, -0.2) is 19.6 Å². The fraction of sp³-hybridized carbons (Fsp3) is 0.429. The number of nitrogens with one attached hydrogen (secondary N) is 2. The topological polar surface area (TPSA) is 141 Å². The second-order valence-electron chi connectivity index (χ2n) is 9.03. The van der Waals surface area contributed by atoms with Gasteiger partial charge in [0.25, 0.3) is 0 Å². The van der Waals surface area contributed by atoms with E-state index in [2.05, 4.69) is 30.7 Å². The van der Waals surface area contributed by atoms with Gasteiger partial charge in [0.2, 0.25) is 11.8 Å². The van der Waals surface area contributed by atoms with Crippen LogP contribution in [-0.2, 0) is 21.5 Å². The normalized spacial score (nSPS) is 19.7. The van der Waals surface area contributed by atoms with Crippen LogP contribution in [-0.4, -0.2) is 54.7 Å². The number of fused-ring (bicyclic) bond motifs is 2. The lowest BCUT2D eigenvalue weighted by Gasteiger charge is -2.21. The monoisotopic (exact) mass is 544 g/mol. The zero-order chi connectivity index (χ0) is 26.9. The summed E-state index contributed by atoms with van der Waals surface area (Å²) in [4.78, 5) is 38.1. The number of anilines is 2. The molecule has 4 N–H and O–H groups in total. The molecule has 1 aliphatic carbocycles. The molecule has 2 amide bonds. The molecule has 2 aliphatic rings. The van der Waals surface area contributed by atoms with Crippen molar-refractivity contribution in [2.24, 2.45) is 0 Å². The first kappa shape index (κ1) is 25.0. The summed E-state index contributed by atoms with van der Waals surface area (Å²) >= 11 is 6.02. The number of halogens is 6. The largest absolute Gasteiger partial charge is 0.453 e. The van der Waals surface area contributed by atoms with Gasteiger partial charge in [0.15, 0.2) is 16.9 Å². The van der Waals surface area contributed by atoms with Gasteiger partial charge in [0, 0.05) is 25.2 Å². The Morgan fingerprint density at radius 3 is 2.65 bits per heavy atom. The lowest BCUT2D eigenvalue weighted by molar-refractivity contribution is -0.285. The number of alkyl halides is 5. The summed E-state index contributed by atoms with van der Waals surface area (Å²) in [5.74, 6) is -6.64. The zero-order valence-electron chi connectivity index (χ0n) is 19.0. The van der Waals surface area contributed by atoms with Gasteiger partial charge < -0.3 is 16.4 Å². The predicted octanol–water partition coefficient (Wildman–Crippen LogP) is 3.20. The van der Waals surface area contributed by atoms with E-state index in [9.17, 15) is 31.5 Å². The minimum Gasteiger partial charge on any atom is -0.383 e. The summed E-state index contributed by atoms with van der Waals surface area (Å²) in [6.07, 6.45) is -4.56. The molecule has 3 aromatic heterocycles. The van der Waals surface area contributed by atoms with E-state index < -0.39 is 42.3 Å². The van der Waals surface area contributed by atoms with Crippen molar-refractivity contribution in [3.8, 4) is 11.5 Å². The van der Waals surface area contributed by atoms with E-state index in [4.69, 9.17) is 17.3 Å². The summed E-state index contributed by atoms with van der Waals surface area (Å²) in [6.45, 7) is 0.550. The summed E-state index contributed by atoms with van der Waals surface area (Å²) < 4.78 is 65.9. The van der Waals surface area contributed by atoms with Gasteiger partial charge >= 0.3 is 12.1 Å². The van der Waals surface area contributed by atoms with E-state index in [1.807, 2.05) is 0 Å². The Kier molecular flexibility index (Phi) is 5.55. The number of amides is 2. The van der Waals surface area contributed by atoms with E-state index in [0.29, 0.717) is 0 Å². The van der Waals surface area contributed by atoms with Gasteiger partial charge in [-0.2, -0.15) is 27.1 Å². The fourth-order valence-corrected chi connectivity index (χ4v) is 4.19. The maximum atomic E-state index is 13.5. The quantitative estimate of drug-likeness (QED) is 0.320. The van der Waals surface area contributed by atoms with E-state index >= 15 is 0 Å². The van der Waals surface area contributed by atoms with Gasteiger partial charge in [-0.1, -0.05) is 11.6 Å². The number of nitrogens with zero attached hydrogens (tertiary/aromatic N) is 5. The zero-order valence-corrected chi connectivity index (χ0v) is 19.7. The molecular weight excluding hydrogens is 527 g/mol. The summed E-state index contributed by atoms with van der Waals surface area (Å²) in [6, 6.07) is 1.34. The molecule has 4 heterocycles. The highest BCUT2D eigenvalue weighted by Crippen LogP contribution is 2.42. The molecule has 0 spiro atoms. The van der Waals surface area contributed by atoms with E-state index in [1.54, 1.807) is 0 Å². The average molecular weight is 545 g/mol. The first-order valence-electron chi connectivity index (χ1n) is 11.0. The number of nitrogens with two attached hydrogens (primary N) is 1. The summed E-state index contributed by atoms with van der Waals surface area (Å²) in [7, 11) is 0. The molecule has 16 heteroatoms. The molecular formula is C21H18ClF5N8O2. The number of carbonyl (C=O) groups excluding carboxylic acids is 2. The molecule has 0 bridgehead atoms. The van der Waals surface area contributed by atoms with Crippen molar-refractivity contribution in [3.63, 3.8) is 0 Å². The Morgan fingerprint density at radius 2 is 2.00 bits per heavy atom. The van der Waals surface area contributed by atoms with Crippen molar-refractivity contribution >= 4 is 46.1 Å². The third-order valence-electron chi connectivity index (χ3n) is 6.31. The second kappa shape index (κ2) is 8.19. The van der Waals surface area contributed by atoms with Gasteiger partial charge in [-0.05, 0) is 25.8 Å². The van der Waals surface area contributed by atoms with E-state index in [-0.39, 0.29) is 50.8 Å².